The van der Waals surface area contributed by atoms with Crippen molar-refractivity contribution in [1.82, 2.24) is 4.98 Å². The Morgan fingerprint density at radius 1 is 1.40 bits per heavy atom. The van der Waals surface area contributed by atoms with Crippen molar-refractivity contribution < 1.29 is 9.90 Å². The van der Waals surface area contributed by atoms with Crippen LogP contribution in [0.2, 0.25) is 0 Å². The lowest BCUT2D eigenvalue weighted by atomic mass is 10.1. The average molecular weight is 205 g/mol. The van der Waals surface area contributed by atoms with Crippen LogP contribution in [-0.2, 0) is 11.2 Å². The molecular formula is C12H15NO2. The number of nitrogens with one attached hydrogen (secondary N) is 1. The van der Waals surface area contributed by atoms with Crippen molar-refractivity contribution in [3.63, 3.8) is 0 Å². The van der Waals surface area contributed by atoms with E-state index in [1.165, 1.54) is 29.3 Å². The first kappa shape index (κ1) is 11.3. The zero-order chi connectivity index (χ0) is 11.1. The molecule has 0 bridgehead atoms. The minimum atomic E-state index is -0.250. The number of H-pyrrole nitrogens is 1. The lowest BCUT2D eigenvalue weighted by Crippen LogP contribution is -1.77. The molecule has 0 saturated heterocycles. The molecule has 0 amide bonds. The predicted molar refractivity (Wildman–Crippen MR) is 61.0 cm³/mol. The van der Waals surface area contributed by atoms with Crippen LogP contribution < -0.4 is 0 Å². The predicted octanol–water partition coefficient (Wildman–Crippen LogP) is 2.82. The number of carbonyl (C=O) groups is 1. The van der Waals surface area contributed by atoms with Crippen LogP contribution in [0.5, 0.6) is 0 Å². The Kier molecular flexibility index (Phi) is 4.41. The molecule has 0 fully saturated rings. The molecule has 0 spiro atoms. The third-order valence-electron chi connectivity index (χ3n) is 2.19. The van der Waals surface area contributed by atoms with Gasteiger partial charge in [0.05, 0.1) is 0 Å². The van der Waals surface area contributed by atoms with Crippen LogP contribution in [0.4, 0.5) is 0 Å². The minimum absolute atomic E-state index is 0.250. The van der Waals surface area contributed by atoms with E-state index in [0.717, 1.165) is 0 Å². The maximum absolute atomic E-state index is 8.36. The Morgan fingerprint density at radius 3 is 2.73 bits per heavy atom. The molecule has 0 aliphatic heterocycles. The highest BCUT2D eigenvalue weighted by Crippen LogP contribution is 2.18. The van der Waals surface area contributed by atoms with Crippen molar-refractivity contribution in [2.24, 2.45) is 0 Å². The summed E-state index contributed by atoms with van der Waals surface area (Å²) in [5.74, 6) is 0. The molecule has 0 atom stereocenters. The molecule has 2 aromatic rings. The number of carboxylic acid groups (broad SMARTS) is 1. The number of hydrogen-bond acceptors (Lipinski definition) is 1. The summed E-state index contributed by atoms with van der Waals surface area (Å²) in [6.45, 7) is 1.96. The fourth-order valence-electron chi connectivity index (χ4n) is 1.61. The minimum Gasteiger partial charge on any atom is -0.483 e. The van der Waals surface area contributed by atoms with Gasteiger partial charge in [-0.1, -0.05) is 31.5 Å². The highest BCUT2D eigenvalue weighted by atomic mass is 16.3. The molecule has 1 heterocycles. The molecule has 80 valence electrons. The monoisotopic (exact) mass is 205 g/mol. The number of fused-ring (bicyclic) bond motifs is 1. The summed E-state index contributed by atoms with van der Waals surface area (Å²) in [6.07, 6.45) is 4.50. The number of rotatable bonds is 2. The summed E-state index contributed by atoms with van der Waals surface area (Å²) < 4.78 is 0. The van der Waals surface area contributed by atoms with Crippen molar-refractivity contribution in [2.75, 3.05) is 0 Å². The van der Waals surface area contributed by atoms with Gasteiger partial charge >= 0.3 is 0 Å². The van der Waals surface area contributed by atoms with Crippen molar-refractivity contribution in [3.8, 4) is 0 Å². The maximum atomic E-state index is 8.36. The Morgan fingerprint density at radius 2 is 2.07 bits per heavy atom. The fraction of sp³-hybridized carbons (Fsp3) is 0.250. The van der Waals surface area contributed by atoms with E-state index in [4.69, 9.17) is 9.90 Å². The smallest absolute Gasteiger partial charge is 0.290 e. The Hall–Kier alpha value is -1.77. The van der Waals surface area contributed by atoms with Gasteiger partial charge in [-0.3, -0.25) is 4.79 Å². The third-order valence-corrected chi connectivity index (χ3v) is 2.19. The summed E-state index contributed by atoms with van der Waals surface area (Å²) >= 11 is 0. The lowest BCUT2D eigenvalue weighted by Gasteiger charge is -1.93. The van der Waals surface area contributed by atoms with E-state index in [0.29, 0.717) is 0 Å². The van der Waals surface area contributed by atoms with E-state index in [1.807, 2.05) is 0 Å². The molecule has 3 heteroatoms. The molecule has 0 radical (unpaired) electrons. The molecule has 2 N–H and O–H groups in total. The first-order chi connectivity index (χ1) is 7.33. The zero-order valence-corrected chi connectivity index (χ0v) is 8.73. The molecule has 2 rings (SSSR count). The molecule has 0 saturated carbocycles. The van der Waals surface area contributed by atoms with E-state index in [1.54, 1.807) is 0 Å². The SMILES string of the molecule is CCCc1c[nH]c2ccccc12.O=CO. The van der Waals surface area contributed by atoms with Crippen LogP contribution in [0.1, 0.15) is 18.9 Å². The van der Waals surface area contributed by atoms with Crippen LogP contribution in [-0.4, -0.2) is 16.6 Å². The number of hydrogen-bond donors (Lipinski definition) is 2. The largest absolute Gasteiger partial charge is 0.483 e. The van der Waals surface area contributed by atoms with Gasteiger partial charge in [-0.15, -0.1) is 0 Å². The topological polar surface area (TPSA) is 53.1 Å². The number of aryl methyl sites for hydroxylation is 1. The van der Waals surface area contributed by atoms with Crippen LogP contribution in [0, 0.1) is 0 Å². The van der Waals surface area contributed by atoms with Gasteiger partial charge in [-0.2, -0.15) is 0 Å². The van der Waals surface area contributed by atoms with E-state index in [-0.39, 0.29) is 6.47 Å². The Labute approximate surface area is 88.7 Å². The van der Waals surface area contributed by atoms with Gasteiger partial charge in [-0.25, -0.2) is 0 Å². The van der Waals surface area contributed by atoms with E-state index < -0.39 is 0 Å². The quantitative estimate of drug-likeness (QED) is 0.741. The molecule has 0 aliphatic rings. The highest BCUT2D eigenvalue weighted by Gasteiger charge is 1.99. The Bertz CT molecular complexity index is 420. The first-order valence-corrected chi connectivity index (χ1v) is 4.96. The molecule has 0 aliphatic carbocycles. The summed E-state index contributed by atoms with van der Waals surface area (Å²) in [4.78, 5) is 11.6. The zero-order valence-electron chi connectivity index (χ0n) is 8.73. The molecule has 0 unspecified atom stereocenters. The summed E-state index contributed by atoms with van der Waals surface area (Å²) in [5.41, 5.74) is 2.69. The summed E-state index contributed by atoms with van der Waals surface area (Å²) in [6, 6.07) is 8.45. The van der Waals surface area contributed by atoms with E-state index in [9.17, 15) is 0 Å². The second-order valence-electron chi connectivity index (χ2n) is 3.21. The van der Waals surface area contributed by atoms with Gasteiger partial charge in [0.1, 0.15) is 0 Å². The van der Waals surface area contributed by atoms with Crippen molar-refractivity contribution in [3.05, 3.63) is 36.0 Å². The van der Waals surface area contributed by atoms with E-state index in [2.05, 4.69) is 42.4 Å². The second kappa shape index (κ2) is 5.86. The maximum Gasteiger partial charge on any atom is 0.290 e. The Balaban J connectivity index is 0.000000337. The van der Waals surface area contributed by atoms with Gasteiger partial charge in [0.25, 0.3) is 6.47 Å². The normalized spacial score (nSPS) is 9.40. The van der Waals surface area contributed by atoms with Crippen molar-refractivity contribution in [1.29, 1.82) is 0 Å². The van der Waals surface area contributed by atoms with Gasteiger partial charge < -0.3 is 10.1 Å². The molecule has 1 aromatic heterocycles. The van der Waals surface area contributed by atoms with Crippen LogP contribution in [0.25, 0.3) is 10.9 Å². The van der Waals surface area contributed by atoms with Crippen LogP contribution in [0.15, 0.2) is 30.5 Å². The van der Waals surface area contributed by atoms with Gasteiger partial charge in [0.15, 0.2) is 0 Å². The van der Waals surface area contributed by atoms with Gasteiger partial charge in [0.2, 0.25) is 0 Å². The van der Waals surface area contributed by atoms with E-state index >= 15 is 0 Å². The number of aromatic nitrogens is 1. The molecule has 15 heavy (non-hydrogen) atoms. The van der Waals surface area contributed by atoms with Crippen LogP contribution in [0.3, 0.4) is 0 Å². The summed E-state index contributed by atoms with van der Waals surface area (Å²) in [7, 11) is 0. The number of aromatic amines is 1. The molecular weight excluding hydrogens is 190 g/mol. The highest BCUT2D eigenvalue weighted by molar-refractivity contribution is 5.82. The number of para-hydroxylation sites is 1. The van der Waals surface area contributed by atoms with Crippen molar-refractivity contribution in [2.45, 2.75) is 19.8 Å². The summed E-state index contributed by atoms with van der Waals surface area (Å²) in [5, 5.41) is 8.26. The van der Waals surface area contributed by atoms with Crippen molar-refractivity contribution >= 4 is 17.4 Å². The second-order valence-corrected chi connectivity index (χ2v) is 3.21. The molecule has 1 aromatic carbocycles. The average Bonchev–Trinajstić information content (AvgIpc) is 2.64. The fourth-order valence-corrected chi connectivity index (χ4v) is 1.61. The standard InChI is InChI=1S/C11H13N.CH2O2/c1-2-5-9-8-12-11-7-4-3-6-10(9)11;2-1-3/h3-4,6-8,12H,2,5H2,1H3;1H,(H,2,3). The van der Waals surface area contributed by atoms with Gasteiger partial charge in [0, 0.05) is 17.1 Å². The molecule has 3 nitrogen and oxygen atoms in total. The van der Waals surface area contributed by atoms with Crippen LogP contribution >= 0.6 is 0 Å². The number of benzene rings is 1. The lowest BCUT2D eigenvalue weighted by molar-refractivity contribution is -0.122. The van der Waals surface area contributed by atoms with Gasteiger partial charge in [-0.05, 0) is 18.1 Å². The third kappa shape index (κ3) is 2.84. The first-order valence-electron chi connectivity index (χ1n) is 4.96.